The first kappa shape index (κ1) is 18.7. The second-order valence-electron chi connectivity index (χ2n) is 5.26. The maximum atomic E-state index is 11.9. The molecule has 1 amide bonds. The first-order valence-corrected chi connectivity index (χ1v) is 7.96. The molecule has 0 saturated heterocycles. The van der Waals surface area contributed by atoms with E-state index >= 15 is 0 Å². The molecular formula is C18H25N3O2. The van der Waals surface area contributed by atoms with Crippen molar-refractivity contribution in [3.05, 3.63) is 41.6 Å². The van der Waals surface area contributed by atoms with Gasteiger partial charge in [0.2, 0.25) is 0 Å². The summed E-state index contributed by atoms with van der Waals surface area (Å²) in [5.41, 5.74) is 2.00. The van der Waals surface area contributed by atoms with E-state index in [0.29, 0.717) is 13.2 Å². The van der Waals surface area contributed by atoms with E-state index in [1.807, 2.05) is 37.3 Å². The van der Waals surface area contributed by atoms with Crippen LogP contribution in [0.3, 0.4) is 0 Å². The average molecular weight is 315 g/mol. The molecule has 5 nitrogen and oxygen atoms in total. The molecule has 0 aromatic heterocycles. The van der Waals surface area contributed by atoms with Crippen LogP contribution in [0.25, 0.3) is 0 Å². The number of carbonyl (C=O) groups is 1. The molecule has 0 bridgehead atoms. The number of hydrogen-bond donors (Lipinski definition) is 2. The predicted molar refractivity (Wildman–Crippen MR) is 91.9 cm³/mol. The summed E-state index contributed by atoms with van der Waals surface area (Å²) in [6.45, 7) is 5.97. The molecule has 1 aromatic rings. The lowest BCUT2D eigenvalue weighted by Crippen LogP contribution is -2.26. The van der Waals surface area contributed by atoms with Crippen molar-refractivity contribution >= 4 is 11.6 Å². The fraction of sp³-hybridized carbons (Fsp3) is 0.444. The van der Waals surface area contributed by atoms with Crippen LogP contribution >= 0.6 is 0 Å². The Morgan fingerprint density at radius 1 is 1.35 bits per heavy atom. The first-order chi connectivity index (χ1) is 11.2. The molecule has 0 aliphatic carbocycles. The lowest BCUT2D eigenvalue weighted by Gasteiger charge is -2.06. The summed E-state index contributed by atoms with van der Waals surface area (Å²) in [5.74, 6) is -0.374. The molecule has 0 fully saturated rings. The molecular weight excluding hydrogens is 290 g/mol. The Morgan fingerprint density at radius 2 is 2.13 bits per heavy atom. The Balaban J connectivity index is 2.34. The third-order valence-corrected chi connectivity index (χ3v) is 3.16. The molecule has 0 spiro atoms. The molecule has 0 unspecified atom stereocenters. The van der Waals surface area contributed by atoms with Crippen molar-refractivity contribution in [2.24, 2.45) is 0 Å². The zero-order chi connectivity index (χ0) is 16.9. The van der Waals surface area contributed by atoms with Gasteiger partial charge in [-0.2, -0.15) is 5.26 Å². The molecule has 0 atom stereocenters. The summed E-state index contributed by atoms with van der Waals surface area (Å²) in [7, 11) is 0. The van der Waals surface area contributed by atoms with Crippen molar-refractivity contribution in [1.82, 2.24) is 5.32 Å². The van der Waals surface area contributed by atoms with Crippen LogP contribution < -0.4 is 10.6 Å². The van der Waals surface area contributed by atoms with Crippen molar-refractivity contribution < 1.29 is 9.53 Å². The first-order valence-electron chi connectivity index (χ1n) is 7.96. The summed E-state index contributed by atoms with van der Waals surface area (Å²) in [6, 6.07) is 9.63. The normalized spacial score (nSPS) is 10.9. The predicted octanol–water partition coefficient (Wildman–Crippen LogP) is 3.14. The second-order valence-corrected chi connectivity index (χ2v) is 5.26. The summed E-state index contributed by atoms with van der Waals surface area (Å²) >= 11 is 0. The molecule has 5 heteroatoms. The third-order valence-electron chi connectivity index (χ3n) is 3.16. The summed E-state index contributed by atoms with van der Waals surface area (Å²) < 4.78 is 5.42. The van der Waals surface area contributed by atoms with E-state index in [1.54, 1.807) is 0 Å². The maximum Gasteiger partial charge on any atom is 0.263 e. The van der Waals surface area contributed by atoms with E-state index in [2.05, 4.69) is 17.6 Å². The van der Waals surface area contributed by atoms with Gasteiger partial charge in [-0.25, -0.2) is 0 Å². The highest BCUT2D eigenvalue weighted by Gasteiger charge is 2.07. The van der Waals surface area contributed by atoms with Crippen LogP contribution in [0.15, 0.2) is 36.0 Å². The molecule has 0 radical (unpaired) electrons. The van der Waals surface area contributed by atoms with Crippen LogP contribution in [-0.2, 0) is 9.53 Å². The van der Waals surface area contributed by atoms with Gasteiger partial charge in [-0.3, -0.25) is 4.79 Å². The Hall–Kier alpha value is -2.32. The number of nitrogens with one attached hydrogen (secondary N) is 2. The second kappa shape index (κ2) is 11.3. The third kappa shape index (κ3) is 8.03. The van der Waals surface area contributed by atoms with E-state index < -0.39 is 0 Å². The minimum Gasteiger partial charge on any atom is -0.381 e. The highest BCUT2D eigenvalue weighted by atomic mass is 16.5. The van der Waals surface area contributed by atoms with E-state index in [-0.39, 0.29) is 11.5 Å². The smallest absolute Gasteiger partial charge is 0.263 e. The molecule has 0 aliphatic heterocycles. The Morgan fingerprint density at radius 3 is 2.83 bits per heavy atom. The van der Waals surface area contributed by atoms with Gasteiger partial charge in [-0.1, -0.05) is 25.5 Å². The number of amides is 1. The van der Waals surface area contributed by atoms with E-state index in [9.17, 15) is 4.79 Å². The van der Waals surface area contributed by atoms with Gasteiger partial charge in [0.05, 0.1) is 0 Å². The lowest BCUT2D eigenvalue weighted by atomic mass is 10.2. The van der Waals surface area contributed by atoms with Gasteiger partial charge >= 0.3 is 0 Å². The molecule has 0 heterocycles. The SMILES string of the molecule is CCCCOCCCNC(=O)/C(C#N)=C\Nc1cccc(C)c1. The van der Waals surface area contributed by atoms with Crippen LogP contribution in [0.5, 0.6) is 0 Å². The minimum absolute atomic E-state index is 0.0541. The number of hydrogen-bond acceptors (Lipinski definition) is 4. The van der Waals surface area contributed by atoms with Crippen LogP contribution in [0.4, 0.5) is 5.69 Å². The van der Waals surface area contributed by atoms with Crippen molar-refractivity contribution in [2.45, 2.75) is 33.1 Å². The van der Waals surface area contributed by atoms with Crippen molar-refractivity contribution in [3.63, 3.8) is 0 Å². The quantitative estimate of drug-likeness (QED) is 0.395. The summed E-state index contributed by atoms with van der Waals surface area (Å²) in [4.78, 5) is 11.9. The molecule has 23 heavy (non-hydrogen) atoms. The fourth-order valence-electron chi connectivity index (χ4n) is 1.86. The number of rotatable bonds is 10. The number of carbonyl (C=O) groups excluding carboxylic acids is 1. The Labute approximate surface area is 138 Å². The Bertz CT molecular complexity index is 562. The largest absolute Gasteiger partial charge is 0.381 e. The number of aryl methyl sites for hydroxylation is 1. The van der Waals surface area contributed by atoms with Gasteiger partial charge in [0.1, 0.15) is 11.6 Å². The number of benzene rings is 1. The minimum atomic E-state index is -0.374. The van der Waals surface area contributed by atoms with Crippen molar-refractivity contribution in [2.75, 3.05) is 25.1 Å². The number of unbranched alkanes of at least 4 members (excludes halogenated alkanes) is 1. The molecule has 1 rings (SSSR count). The van der Waals surface area contributed by atoms with Crippen LogP contribution in [0.1, 0.15) is 31.7 Å². The van der Waals surface area contributed by atoms with Crippen LogP contribution in [0.2, 0.25) is 0 Å². The molecule has 0 saturated carbocycles. The highest BCUT2D eigenvalue weighted by molar-refractivity contribution is 5.97. The highest BCUT2D eigenvalue weighted by Crippen LogP contribution is 2.10. The molecule has 124 valence electrons. The van der Waals surface area contributed by atoms with Gasteiger partial charge in [-0.15, -0.1) is 0 Å². The van der Waals surface area contributed by atoms with Gasteiger partial charge < -0.3 is 15.4 Å². The fourth-order valence-corrected chi connectivity index (χ4v) is 1.86. The number of ether oxygens (including phenoxy) is 1. The average Bonchev–Trinajstić information content (AvgIpc) is 2.54. The number of nitrogens with zero attached hydrogens (tertiary/aromatic N) is 1. The number of anilines is 1. The van der Waals surface area contributed by atoms with Gasteiger partial charge in [-0.05, 0) is 37.5 Å². The zero-order valence-electron chi connectivity index (χ0n) is 13.9. The maximum absolute atomic E-state index is 11.9. The van der Waals surface area contributed by atoms with Crippen molar-refractivity contribution in [1.29, 1.82) is 5.26 Å². The lowest BCUT2D eigenvalue weighted by molar-refractivity contribution is -0.117. The summed E-state index contributed by atoms with van der Waals surface area (Å²) in [6.07, 6.45) is 4.33. The Kier molecular flexibility index (Phi) is 9.18. The molecule has 1 aromatic carbocycles. The zero-order valence-corrected chi connectivity index (χ0v) is 13.9. The summed E-state index contributed by atoms with van der Waals surface area (Å²) in [5, 5.41) is 14.8. The van der Waals surface area contributed by atoms with Crippen molar-refractivity contribution in [3.8, 4) is 6.07 Å². The van der Waals surface area contributed by atoms with Crippen LogP contribution in [-0.4, -0.2) is 25.7 Å². The molecule has 0 aliphatic rings. The van der Waals surface area contributed by atoms with E-state index in [1.165, 1.54) is 6.20 Å². The van der Waals surface area contributed by atoms with Crippen LogP contribution in [0, 0.1) is 18.3 Å². The topological polar surface area (TPSA) is 74.1 Å². The van der Waals surface area contributed by atoms with E-state index in [4.69, 9.17) is 10.00 Å². The monoisotopic (exact) mass is 315 g/mol. The standard InChI is InChI=1S/C18H25N3O2/c1-3-4-10-23-11-6-9-20-18(22)16(13-19)14-21-17-8-5-7-15(2)12-17/h5,7-8,12,14,21H,3-4,6,9-11H2,1-2H3,(H,20,22)/b16-14-. The van der Waals surface area contributed by atoms with E-state index in [0.717, 1.165) is 37.1 Å². The van der Waals surface area contributed by atoms with Gasteiger partial charge in [0, 0.05) is 31.6 Å². The van der Waals surface area contributed by atoms with Gasteiger partial charge in [0.25, 0.3) is 5.91 Å². The molecule has 2 N–H and O–H groups in total. The van der Waals surface area contributed by atoms with Gasteiger partial charge in [0.15, 0.2) is 0 Å². The number of nitriles is 1.